The van der Waals surface area contributed by atoms with Crippen molar-refractivity contribution in [2.45, 2.75) is 33.6 Å². The van der Waals surface area contributed by atoms with Crippen molar-refractivity contribution in [1.29, 1.82) is 5.26 Å². The molecule has 2 rings (SSSR count). The van der Waals surface area contributed by atoms with Gasteiger partial charge in [0.15, 0.2) is 11.5 Å². The van der Waals surface area contributed by atoms with Crippen LogP contribution in [0.5, 0.6) is 17.2 Å². The number of ether oxygens (including phenoxy) is 4. The van der Waals surface area contributed by atoms with E-state index in [0.717, 1.165) is 11.3 Å². The highest BCUT2D eigenvalue weighted by molar-refractivity contribution is 5.98. The second kappa shape index (κ2) is 12.8. The predicted molar refractivity (Wildman–Crippen MR) is 119 cm³/mol. The van der Waals surface area contributed by atoms with Gasteiger partial charge in [-0.1, -0.05) is 18.2 Å². The van der Waals surface area contributed by atoms with Crippen molar-refractivity contribution in [2.24, 2.45) is 0 Å². The number of esters is 2. The molecule has 32 heavy (non-hydrogen) atoms. The number of carbonyl (C=O) groups is 2. The Morgan fingerprint density at radius 1 is 1.03 bits per heavy atom. The van der Waals surface area contributed by atoms with Gasteiger partial charge in [0, 0.05) is 6.42 Å². The molecular formula is C25H27NO6. The summed E-state index contributed by atoms with van der Waals surface area (Å²) >= 11 is 0. The Kier molecular flexibility index (Phi) is 9.79. The molecular weight excluding hydrogens is 410 g/mol. The first-order valence-electron chi connectivity index (χ1n) is 10.4. The molecule has 0 heterocycles. The topological polar surface area (TPSA) is 94.9 Å². The van der Waals surface area contributed by atoms with Gasteiger partial charge in [-0.2, -0.15) is 5.26 Å². The highest BCUT2D eigenvalue weighted by atomic mass is 16.6. The van der Waals surface area contributed by atoms with E-state index in [1.807, 2.05) is 37.3 Å². The summed E-state index contributed by atoms with van der Waals surface area (Å²) in [5, 5.41) is 9.19. The minimum Gasteiger partial charge on any atom is -0.494 e. The molecule has 168 valence electrons. The van der Waals surface area contributed by atoms with Gasteiger partial charge in [-0.3, -0.25) is 4.79 Å². The highest BCUT2D eigenvalue weighted by Gasteiger charge is 2.14. The average Bonchev–Trinajstić information content (AvgIpc) is 2.77. The number of nitrogens with zero attached hydrogens (tertiary/aromatic N) is 1. The molecule has 0 radical (unpaired) electrons. The molecule has 0 unspecified atom stereocenters. The molecule has 0 saturated heterocycles. The molecule has 0 amide bonds. The van der Waals surface area contributed by atoms with Crippen molar-refractivity contribution in [3.8, 4) is 23.3 Å². The fourth-order valence-corrected chi connectivity index (χ4v) is 2.76. The van der Waals surface area contributed by atoms with E-state index in [0.29, 0.717) is 30.9 Å². The van der Waals surface area contributed by atoms with E-state index in [1.165, 1.54) is 6.08 Å². The zero-order valence-corrected chi connectivity index (χ0v) is 18.6. The Morgan fingerprint density at radius 3 is 2.53 bits per heavy atom. The summed E-state index contributed by atoms with van der Waals surface area (Å²) in [5.74, 6) is 0.262. The van der Waals surface area contributed by atoms with E-state index >= 15 is 0 Å². The Bertz CT molecular complexity index is 1010. The van der Waals surface area contributed by atoms with Crippen LogP contribution in [0.25, 0.3) is 6.08 Å². The molecule has 0 aliphatic rings. The molecule has 0 aliphatic carbocycles. The first kappa shape index (κ1) is 24.5. The first-order chi connectivity index (χ1) is 15.5. The summed E-state index contributed by atoms with van der Waals surface area (Å²) in [4.78, 5) is 24.1. The van der Waals surface area contributed by atoms with Crippen LogP contribution < -0.4 is 14.2 Å². The fourth-order valence-electron chi connectivity index (χ4n) is 2.76. The van der Waals surface area contributed by atoms with Crippen LogP contribution in [-0.2, 0) is 14.3 Å². The third-order valence-electron chi connectivity index (χ3n) is 4.20. The maximum Gasteiger partial charge on any atom is 0.348 e. The molecule has 0 N–H and O–H groups in total. The summed E-state index contributed by atoms with van der Waals surface area (Å²) in [6.07, 6.45) is 2.08. The van der Waals surface area contributed by atoms with Gasteiger partial charge in [0.25, 0.3) is 0 Å². The van der Waals surface area contributed by atoms with E-state index in [2.05, 4.69) is 0 Å². The van der Waals surface area contributed by atoms with Crippen molar-refractivity contribution in [3.05, 3.63) is 59.2 Å². The van der Waals surface area contributed by atoms with E-state index < -0.39 is 11.9 Å². The lowest BCUT2D eigenvalue weighted by molar-refractivity contribution is -0.138. The largest absolute Gasteiger partial charge is 0.494 e. The van der Waals surface area contributed by atoms with Crippen LogP contribution >= 0.6 is 0 Å². The Balaban J connectivity index is 1.98. The molecule has 0 atom stereocenters. The SMILES string of the molecule is CCOC(=O)/C(C#N)=C/c1ccc(OC(=O)CCCOc2cccc(C)c2)c(OCC)c1. The van der Waals surface area contributed by atoms with Gasteiger partial charge >= 0.3 is 11.9 Å². The normalized spacial score (nSPS) is 10.8. The molecule has 7 heteroatoms. The third kappa shape index (κ3) is 7.80. The Morgan fingerprint density at radius 2 is 1.84 bits per heavy atom. The van der Waals surface area contributed by atoms with Crippen molar-refractivity contribution in [3.63, 3.8) is 0 Å². The Labute approximate surface area is 188 Å². The maximum absolute atomic E-state index is 12.3. The quantitative estimate of drug-likeness (QED) is 0.166. The van der Waals surface area contributed by atoms with E-state index in [-0.39, 0.29) is 24.4 Å². The summed E-state index contributed by atoms with van der Waals surface area (Å²) in [6.45, 7) is 6.37. The lowest BCUT2D eigenvalue weighted by atomic mass is 10.1. The zero-order chi connectivity index (χ0) is 23.3. The molecule has 0 saturated carbocycles. The van der Waals surface area contributed by atoms with E-state index in [1.54, 1.807) is 32.0 Å². The minimum atomic E-state index is -0.698. The summed E-state index contributed by atoms with van der Waals surface area (Å²) < 4.78 is 21.5. The molecule has 0 aromatic heterocycles. The fraction of sp³-hybridized carbons (Fsp3) is 0.320. The average molecular weight is 437 g/mol. The predicted octanol–water partition coefficient (Wildman–Crippen LogP) is 4.63. The summed E-state index contributed by atoms with van der Waals surface area (Å²) in [5.41, 5.74) is 1.52. The van der Waals surface area contributed by atoms with Crippen LogP contribution in [0.15, 0.2) is 48.0 Å². The number of nitriles is 1. The number of benzene rings is 2. The summed E-state index contributed by atoms with van der Waals surface area (Å²) in [7, 11) is 0. The smallest absolute Gasteiger partial charge is 0.348 e. The van der Waals surface area contributed by atoms with Crippen molar-refractivity contribution in [2.75, 3.05) is 19.8 Å². The van der Waals surface area contributed by atoms with Crippen molar-refractivity contribution in [1.82, 2.24) is 0 Å². The van der Waals surface area contributed by atoms with Crippen LogP contribution in [0.4, 0.5) is 0 Å². The van der Waals surface area contributed by atoms with Gasteiger partial charge < -0.3 is 18.9 Å². The van der Waals surface area contributed by atoms with E-state index in [9.17, 15) is 14.9 Å². The van der Waals surface area contributed by atoms with Gasteiger partial charge in [0.05, 0.1) is 19.8 Å². The van der Waals surface area contributed by atoms with Crippen LogP contribution in [0.3, 0.4) is 0 Å². The van der Waals surface area contributed by atoms with Gasteiger partial charge in [-0.05, 0) is 68.7 Å². The van der Waals surface area contributed by atoms with Crippen molar-refractivity contribution < 1.29 is 28.5 Å². The molecule has 0 aliphatic heterocycles. The second-order valence-corrected chi connectivity index (χ2v) is 6.77. The summed E-state index contributed by atoms with van der Waals surface area (Å²) in [6, 6.07) is 14.3. The Hall–Kier alpha value is -3.79. The van der Waals surface area contributed by atoms with Crippen LogP contribution in [0.1, 0.15) is 37.8 Å². The van der Waals surface area contributed by atoms with Gasteiger partial charge in [-0.15, -0.1) is 0 Å². The third-order valence-corrected chi connectivity index (χ3v) is 4.20. The highest BCUT2D eigenvalue weighted by Crippen LogP contribution is 2.30. The molecule has 0 bridgehead atoms. The van der Waals surface area contributed by atoms with Crippen molar-refractivity contribution >= 4 is 18.0 Å². The first-order valence-corrected chi connectivity index (χ1v) is 10.4. The number of aryl methyl sites for hydroxylation is 1. The molecule has 7 nitrogen and oxygen atoms in total. The lowest BCUT2D eigenvalue weighted by Gasteiger charge is -2.12. The monoisotopic (exact) mass is 437 g/mol. The van der Waals surface area contributed by atoms with Gasteiger partial charge in [0.2, 0.25) is 0 Å². The van der Waals surface area contributed by atoms with E-state index in [4.69, 9.17) is 18.9 Å². The van der Waals surface area contributed by atoms with Gasteiger partial charge in [-0.25, -0.2) is 4.79 Å². The minimum absolute atomic E-state index is 0.132. The molecule has 0 spiro atoms. The lowest BCUT2D eigenvalue weighted by Crippen LogP contribution is -2.11. The number of hydrogen-bond donors (Lipinski definition) is 0. The maximum atomic E-state index is 12.3. The molecule has 2 aromatic carbocycles. The second-order valence-electron chi connectivity index (χ2n) is 6.77. The number of hydrogen-bond acceptors (Lipinski definition) is 7. The number of carbonyl (C=O) groups excluding carboxylic acids is 2. The number of rotatable bonds is 11. The molecule has 2 aromatic rings. The van der Waals surface area contributed by atoms with Crippen LogP contribution in [0.2, 0.25) is 0 Å². The zero-order valence-electron chi connectivity index (χ0n) is 18.6. The molecule has 0 fully saturated rings. The standard InChI is InChI=1S/C25H27NO6/c1-4-29-23-16-19(15-20(17-26)25(28)30-5-2)11-12-22(23)32-24(27)10-7-13-31-21-9-6-8-18(3)14-21/h6,8-9,11-12,14-16H,4-5,7,10,13H2,1-3H3/b20-15+. The van der Waals surface area contributed by atoms with Crippen LogP contribution in [-0.4, -0.2) is 31.8 Å². The van der Waals surface area contributed by atoms with Crippen LogP contribution in [0, 0.1) is 18.3 Å². The van der Waals surface area contributed by atoms with Gasteiger partial charge in [0.1, 0.15) is 17.4 Å².